The number of pyridine rings is 1. The van der Waals surface area contributed by atoms with E-state index in [0.29, 0.717) is 11.3 Å². The Kier molecular flexibility index (Phi) is 5.94. The summed E-state index contributed by atoms with van der Waals surface area (Å²) in [5, 5.41) is 3.04. The van der Waals surface area contributed by atoms with E-state index in [0.717, 1.165) is 29.8 Å². The van der Waals surface area contributed by atoms with Gasteiger partial charge in [-0.1, -0.05) is 12.1 Å². The van der Waals surface area contributed by atoms with Gasteiger partial charge in [-0.3, -0.25) is 23.6 Å². The zero-order chi connectivity index (χ0) is 23.0. The van der Waals surface area contributed by atoms with Gasteiger partial charge in [-0.2, -0.15) is 0 Å². The molecule has 1 fully saturated rings. The summed E-state index contributed by atoms with van der Waals surface area (Å²) < 4.78 is 8.10. The first-order chi connectivity index (χ1) is 15.2. The Morgan fingerprint density at radius 2 is 1.75 bits per heavy atom. The zero-order valence-corrected chi connectivity index (χ0v) is 18.7. The number of rotatable bonds is 4. The highest BCUT2D eigenvalue weighted by Crippen LogP contribution is 2.16. The lowest BCUT2D eigenvalue weighted by molar-refractivity contribution is -0.0704. The number of hydrogen-bond acceptors (Lipinski definition) is 6. The Hall–Kier alpha value is -3.30. The van der Waals surface area contributed by atoms with E-state index in [-0.39, 0.29) is 29.1 Å². The quantitative estimate of drug-likeness (QED) is 0.664. The average molecular weight is 438 g/mol. The summed E-state index contributed by atoms with van der Waals surface area (Å²) in [6.07, 6.45) is 1.85. The SMILES string of the molecule is CC1CN(Cc2ccc(C(=O)Nc3cnc4c(c3)c(=O)n(C)c(=O)n4C)cc2)CC(C)O1. The molecule has 4 rings (SSSR count). The number of carbonyl (C=O) groups excluding carboxylic acids is 1. The molecule has 1 aromatic carbocycles. The Balaban J connectivity index is 1.49. The van der Waals surface area contributed by atoms with Gasteiger partial charge in [0.15, 0.2) is 0 Å². The number of ether oxygens (including phenoxy) is 1. The first-order valence-corrected chi connectivity index (χ1v) is 10.6. The molecule has 1 saturated heterocycles. The maximum atomic E-state index is 12.7. The summed E-state index contributed by atoms with van der Waals surface area (Å²) in [4.78, 5) is 43.7. The van der Waals surface area contributed by atoms with E-state index in [1.807, 2.05) is 12.1 Å². The minimum atomic E-state index is -0.456. The summed E-state index contributed by atoms with van der Waals surface area (Å²) >= 11 is 0. The summed E-state index contributed by atoms with van der Waals surface area (Å²) in [6.45, 7) is 6.72. The highest BCUT2D eigenvalue weighted by Gasteiger charge is 2.22. The largest absolute Gasteiger partial charge is 0.373 e. The maximum Gasteiger partial charge on any atom is 0.332 e. The fourth-order valence-corrected chi connectivity index (χ4v) is 4.17. The van der Waals surface area contributed by atoms with Crippen LogP contribution in [0.1, 0.15) is 29.8 Å². The first-order valence-electron chi connectivity index (χ1n) is 10.6. The Bertz CT molecular complexity index is 1270. The Morgan fingerprint density at radius 1 is 1.09 bits per heavy atom. The van der Waals surface area contributed by atoms with Gasteiger partial charge >= 0.3 is 5.69 Å². The van der Waals surface area contributed by atoms with E-state index < -0.39 is 11.2 Å². The standard InChI is InChI=1S/C23H27N5O4/c1-14-11-28(12-15(2)32-14)13-16-5-7-17(8-6-16)21(29)25-18-9-19-20(24-10-18)26(3)23(31)27(4)22(19)30/h5-10,14-15H,11-13H2,1-4H3,(H,25,29). The molecule has 3 heterocycles. The number of fused-ring (bicyclic) bond motifs is 1. The Morgan fingerprint density at radius 3 is 2.41 bits per heavy atom. The highest BCUT2D eigenvalue weighted by atomic mass is 16.5. The topological polar surface area (TPSA) is 98.5 Å². The predicted molar refractivity (Wildman–Crippen MR) is 122 cm³/mol. The number of morpholine rings is 1. The molecule has 9 nitrogen and oxygen atoms in total. The van der Waals surface area contributed by atoms with Crippen LogP contribution in [0.5, 0.6) is 0 Å². The van der Waals surface area contributed by atoms with Crippen LogP contribution in [0.4, 0.5) is 5.69 Å². The van der Waals surface area contributed by atoms with Gasteiger partial charge in [-0.25, -0.2) is 9.78 Å². The van der Waals surface area contributed by atoms with E-state index in [4.69, 9.17) is 4.74 Å². The van der Waals surface area contributed by atoms with Gasteiger partial charge in [0.05, 0.1) is 29.5 Å². The van der Waals surface area contributed by atoms with Crippen LogP contribution in [0.25, 0.3) is 11.0 Å². The molecule has 1 amide bonds. The first kappa shape index (κ1) is 21.9. The van der Waals surface area contributed by atoms with Crippen molar-refractivity contribution in [3.05, 3.63) is 68.5 Å². The number of aromatic nitrogens is 3. The number of aryl methyl sites for hydroxylation is 1. The molecule has 3 aromatic rings. The van der Waals surface area contributed by atoms with E-state index in [9.17, 15) is 14.4 Å². The predicted octanol–water partition coefficient (Wildman–Crippen LogP) is 1.49. The molecule has 1 aliphatic rings. The summed E-state index contributed by atoms with van der Waals surface area (Å²) in [5.74, 6) is -0.298. The van der Waals surface area contributed by atoms with Crippen molar-refractivity contribution in [2.45, 2.75) is 32.6 Å². The third-order valence-electron chi connectivity index (χ3n) is 5.67. The number of nitrogens with zero attached hydrogens (tertiary/aromatic N) is 4. The summed E-state index contributed by atoms with van der Waals surface area (Å²) in [7, 11) is 2.96. The minimum Gasteiger partial charge on any atom is -0.373 e. The Labute approximate surface area is 185 Å². The van der Waals surface area contributed by atoms with Gasteiger partial charge < -0.3 is 10.1 Å². The van der Waals surface area contributed by atoms with Crippen LogP contribution >= 0.6 is 0 Å². The highest BCUT2D eigenvalue weighted by molar-refractivity contribution is 6.04. The lowest BCUT2D eigenvalue weighted by Crippen LogP contribution is -2.44. The third kappa shape index (κ3) is 4.35. The second-order valence-electron chi connectivity index (χ2n) is 8.40. The molecule has 0 aliphatic carbocycles. The van der Waals surface area contributed by atoms with Gasteiger partial charge in [0, 0.05) is 39.3 Å². The smallest absolute Gasteiger partial charge is 0.332 e. The number of amides is 1. The molecule has 1 aliphatic heterocycles. The number of anilines is 1. The van der Waals surface area contributed by atoms with Crippen molar-refractivity contribution < 1.29 is 9.53 Å². The van der Waals surface area contributed by atoms with Crippen molar-refractivity contribution in [3.63, 3.8) is 0 Å². The van der Waals surface area contributed by atoms with Crippen molar-refractivity contribution in [1.82, 2.24) is 19.0 Å². The van der Waals surface area contributed by atoms with E-state index >= 15 is 0 Å². The summed E-state index contributed by atoms with van der Waals surface area (Å²) in [6, 6.07) is 9.01. The van der Waals surface area contributed by atoms with Crippen molar-refractivity contribution in [3.8, 4) is 0 Å². The number of benzene rings is 1. The average Bonchev–Trinajstić information content (AvgIpc) is 2.76. The van der Waals surface area contributed by atoms with Crippen LogP contribution in [0, 0.1) is 0 Å². The minimum absolute atomic E-state index is 0.207. The van der Waals surface area contributed by atoms with Crippen LogP contribution in [-0.2, 0) is 25.4 Å². The number of carbonyl (C=O) groups is 1. The van der Waals surface area contributed by atoms with Crippen molar-refractivity contribution in [2.75, 3.05) is 18.4 Å². The van der Waals surface area contributed by atoms with Crippen LogP contribution < -0.4 is 16.6 Å². The number of nitrogens with one attached hydrogen (secondary N) is 1. The molecule has 2 atom stereocenters. The summed E-state index contributed by atoms with van der Waals surface area (Å²) in [5.41, 5.74) is 1.38. The molecule has 0 spiro atoms. The van der Waals surface area contributed by atoms with Gasteiger partial charge in [-0.15, -0.1) is 0 Å². The van der Waals surface area contributed by atoms with Gasteiger partial charge in [0.25, 0.3) is 11.5 Å². The van der Waals surface area contributed by atoms with Crippen molar-refractivity contribution in [2.24, 2.45) is 14.1 Å². The molecule has 2 unspecified atom stereocenters. The molecular formula is C23H27N5O4. The van der Waals surface area contributed by atoms with Gasteiger partial charge in [0.1, 0.15) is 5.65 Å². The van der Waals surface area contributed by atoms with Crippen LogP contribution in [0.15, 0.2) is 46.1 Å². The van der Waals surface area contributed by atoms with Gasteiger partial charge in [-0.05, 0) is 37.6 Å². The molecule has 168 valence electrons. The normalized spacial score (nSPS) is 19.2. The maximum absolute atomic E-state index is 12.7. The van der Waals surface area contributed by atoms with Crippen LogP contribution in [0.3, 0.4) is 0 Å². The zero-order valence-electron chi connectivity index (χ0n) is 18.7. The molecule has 2 aromatic heterocycles. The van der Waals surface area contributed by atoms with E-state index in [1.54, 1.807) is 19.2 Å². The second-order valence-corrected chi connectivity index (χ2v) is 8.40. The molecule has 0 bridgehead atoms. The van der Waals surface area contributed by atoms with Crippen molar-refractivity contribution in [1.29, 1.82) is 0 Å². The number of hydrogen-bond donors (Lipinski definition) is 1. The molecule has 0 radical (unpaired) electrons. The molecule has 1 N–H and O–H groups in total. The monoisotopic (exact) mass is 437 g/mol. The molecule has 0 saturated carbocycles. The van der Waals surface area contributed by atoms with Crippen molar-refractivity contribution >= 4 is 22.6 Å². The van der Waals surface area contributed by atoms with E-state index in [2.05, 4.69) is 29.0 Å². The van der Waals surface area contributed by atoms with Crippen LogP contribution in [-0.4, -0.2) is 50.2 Å². The van der Waals surface area contributed by atoms with Crippen LogP contribution in [0.2, 0.25) is 0 Å². The molecular weight excluding hydrogens is 410 g/mol. The molecule has 9 heteroatoms. The lowest BCUT2D eigenvalue weighted by atomic mass is 10.1. The van der Waals surface area contributed by atoms with Gasteiger partial charge in [0.2, 0.25) is 0 Å². The fraction of sp³-hybridized carbons (Fsp3) is 0.391. The second kappa shape index (κ2) is 8.68. The fourth-order valence-electron chi connectivity index (χ4n) is 4.17. The van der Waals surface area contributed by atoms with E-state index in [1.165, 1.54) is 23.9 Å². The molecule has 32 heavy (non-hydrogen) atoms. The lowest BCUT2D eigenvalue weighted by Gasteiger charge is -2.35. The third-order valence-corrected chi connectivity index (χ3v) is 5.67.